The summed E-state index contributed by atoms with van der Waals surface area (Å²) in [4.78, 5) is 14.3. The average Bonchev–Trinajstić information content (AvgIpc) is 2.50. The Kier molecular flexibility index (Phi) is 15.6. The zero-order valence-electron chi connectivity index (χ0n) is 13.3. The minimum absolute atomic E-state index is 0.316. The summed E-state index contributed by atoms with van der Waals surface area (Å²) < 4.78 is 0. The summed E-state index contributed by atoms with van der Waals surface area (Å²) in [5.74, 6) is -0.531. The second kappa shape index (κ2) is 16.7. The van der Waals surface area contributed by atoms with Gasteiger partial charge in [-0.15, -0.1) is 0 Å². The molecule has 1 N–H and O–H groups in total. The van der Waals surface area contributed by atoms with Gasteiger partial charge in [-0.1, -0.05) is 62.6 Å². The van der Waals surface area contributed by atoms with Crippen LogP contribution in [0.15, 0.2) is 36.5 Å². The van der Waals surface area contributed by atoms with Crippen LogP contribution in [-0.4, -0.2) is 11.2 Å². The van der Waals surface area contributed by atoms with Gasteiger partial charge in [0.15, 0.2) is 0 Å². The molecule has 0 atom stereocenters. The SMILES string of the molecule is CCC=CCC=CCC=CCCCCCCCC(=O)OO. The van der Waals surface area contributed by atoms with E-state index in [4.69, 9.17) is 5.26 Å². The number of hydrogen-bond donors (Lipinski definition) is 1. The van der Waals surface area contributed by atoms with Gasteiger partial charge in [0, 0.05) is 6.42 Å². The normalized spacial score (nSPS) is 11.9. The van der Waals surface area contributed by atoms with E-state index in [9.17, 15) is 4.79 Å². The highest BCUT2D eigenvalue weighted by Crippen LogP contribution is 2.08. The van der Waals surface area contributed by atoms with E-state index in [-0.39, 0.29) is 0 Å². The molecule has 3 heteroatoms. The molecule has 0 saturated carbocycles. The second-order valence-corrected chi connectivity index (χ2v) is 5.06. The zero-order chi connectivity index (χ0) is 15.6. The van der Waals surface area contributed by atoms with E-state index in [1.807, 2.05) is 0 Å². The monoisotopic (exact) mass is 294 g/mol. The molecule has 0 aliphatic rings. The van der Waals surface area contributed by atoms with Crippen LogP contribution < -0.4 is 0 Å². The smallest absolute Gasteiger partial charge is 0.301 e. The molecule has 0 saturated heterocycles. The maximum absolute atomic E-state index is 10.7. The highest BCUT2D eigenvalue weighted by atomic mass is 17.1. The van der Waals surface area contributed by atoms with Crippen LogP contribution in [0.5, 0.6) is 0 Å². The number of carbonyl (C=O) groups is 1. The average molecular weight is 294 g/mol. The molecular weight excluding hydrogens is 264 g/mol. The Labute approximate surface area is 129 Å². The fraction of sp³-hybridized carbons (Fsp3) is 0.611. The zero-order valence-corrected chi connectivity index (χ0v) is 13.3. The van der Waals surface area contributed by atoms with Crippen molar-refractivity contribution in [2.75, 3.05) is 0 Å². The minimum Gasteiger partial charge on any atom is -0.301 e. The van der Waals surface area contributed by atoms with Crippen molar-refractivity contribution in [2.45, 2.75) is 71.1 Å². The fourth-order valence-electron chi connectivity index (χ4n) is 1.93. The molecule has 0 heterocycles. The predicted octanol–water partition coefficient (Wildman–Crippen LogP) is 5.59. The topological polar surface area (TPSA) is 46.5 Å². The molecule has 0 aromatic carbocycles. The second-order valence-electron chi connectivity index (χ2n) is 5.06. The van der Waals surface area contributed by atoms with E-state index < -0.39 is 5.97 Å². The molecule has 0 amide bonds. The summed E-state index contributed by atoms with van der Waals surface area (Å²) in [6.45, 7) is 2.14. The van der Waals surface area contributed by atoms with Gasteiger partial charge in [0.2, 0.25) is 0 Å². The first-order valence-corrected chi connectivity index (χ1v) is 8.10. The Hall–Kier alpha value is -1.35. The number of hydrogen-bond acceptors (Lipinski definition) is 3. The van der Waals surface area contributed by atoms with Crippen molar-refractivity contribution in [1.29, 1.82) is 0 Å². The molecule has 0 rings (SSSR count). The van der Waals surface area contributed by atoms with Crippen molar-refractivity contribution >= 4 is 5.97 Å². The van der Waals surface area contributed by atoms with E-state index >= 15 is 0 Å². The molecule has 0 aromatic rings. The molecule has 0 fully saturated rings. The van der Waals surface area contributed by atoms with Crippen molar-refractivity contribution in [3.05, 3.63) is 36.5 Å². The first-order valence-electron chi connectivity index (χ1n) is 8.10. The van der Waals surface area contributed by atoms with Crippen LogP contribution in [0.25, 0.3) is 0 Å². The van der Waals surface area contributed by atoms with E-state index in [2.05, 4.69) is 48.3 Å². The lowest BCUT2D eigenvalue weighted by Gasteiger charge is -1.98. The van der Waals surface area contributed by atoms with Crippen molar-refractivity contribution in [3.8, 4) is 0 Å². The van der Waals surface area contributed by atoms with Crippen LogP contribution in [0.2, 0.25) is 0 Å². The largest absolute Gasteiger partial charge is 0.342 e. The maximum atomic E-state index is 10.7. The lowest BCUT2D eigenvalue weighted by Crippen LogP contribution is -1.99. The van der Waals surface area contributed by atoms with Crippen LogP contribution in [0.3, 0.4) is 0 Å². The molecule has 120 valence electrons. The van der Waals surface area contributed by atoms with Gasteiger partial charge in [0.25, 0.3) is 0 Å². The van der Waals surface area contributed by atoms with Gasteiger partial charge in [-0.25, -0.2) is 4.79 Å². The van der Waals surface area contributed by atoms with Crippen molar-refractivity contribution in [1.82, 2.24) is 0 Å². The number of carbonyl (C=O) groups excluding carboxylic acids is 1. The van der Waals surface area contributed by atoms with Gasteiger partial charge in [0.1, 0.15) is 0 Å². The van der Waals surface area contributed by atoms with Crippen LogP contribution in [0.4, 0.5) is 0 Å². The van der Waals surface area contributed by atoms with Gasteiger partial charge >= 0.3 is 5.97 Å². The Morgan fingerprint density at radius 1 is 0.857 bits per heavy atom. The molecular formula is C18H30O3. The number of rotatable bonds is 13. The predicted molar refractivity (Wildman–Crippen MR) is 88.0 cm³/mol. The van der Waals surface area contributed by atoms with Crippen LogP contribution in [0.1, 0.15) is 71.1 Å². The van der Waals surface area contributed by atoms with Gasteiger partial charge in [-0.05, 0) is 38.5 Å². The molecule has 0 aliphatic heterocycles. The molecule has 0 bridgehead atoms. The van der Waals surface area contributed by atoms with Crippen molar-refractivity contribution < 1.29 is 14.9 Å². The Morgan fingerprint density at radius 3 is 2.10 bits per heavy atom. The number of allylic oxidation sites excluding steroid dienone is 6. The van der Waals surface area contributed by atoms with Crippen LogP contribution in [0, 0.1) is 0 Å². The minimum atomic E-state index is -0.531. The highest BCUT2D eigenvalue weighted by molar-refractivity contribution is 5.68. The molecule has 3 nitrogen and oxygen atoms in total. The summed E-state index contributed by atoms with van der Waals surface area (Å²) in [6, 6.07) is 0. The molecule has 0 spiro atoms. The summed E-state index contributed by atoms with van der Waals surface area (Å²) in [6.07, 6.45) is 23.2. The highest BCUT2D eigenvalue weighted by Gasteiger charge is 2.00. The van der Waals surface area contributed by atoms with Gasteiger partial charge in [-0.3, -0.25) is 0 Å². The summed E-state index contributed by atoms with van der Waals surface area (Å²) in [5, 5.41) is 8.08. The maximum Gasteiger partial charge on any atom is 0.342 e. The van der Waals surface area contributed by atoms with Gasteiger partial charge in [0.05, 0.1) is 0 Å². The van der Waals surface area contributed by atoms with E-state index in [1.165, 1.54) is 12.8 Å². The molecule has 21 heavy (non-hydrogen) atoms. The molecule has 0 aliphatic carbocycles. The fourth-order valence-corrected chi connectivity index (χ4v) is 1.93. The Balaban J connectivity index is 3.25. The summed E-state index contributed by atoms with van der Waals surface area (Å²) in [5.41, 5.74) is 0. The van der Waals surface area contributed by atoms with Crippen LogP contribution >= 0.6 is 0 Å². The molecule has 0 radical (unpaired) electrons. The number of unbranched alkanes of at least 4 members (excludes halogenated alkanes) is 5. The first kappa shape index (κ1) is 19.7. The van der Waals surface area contributed by atoms with Crippen LogP contribution in [-0.2, 0) is 9.68 Å². The molecule has 0 aromatic heterocycles. The third kappa shape index (κ3) is 16.6. The quantitative estimate of drug-likeness (QED) is 0.208. The third-order valence-corrected chi connectivity index (χ3v) is 3.13. The Morgan fingerprint density at radius 2 is 1.43 bits per heavy atom. The standard InChI is InChI=1S/C18H30O3/c1-2-3-4-5-6-7-8-9-10-11-12-13-14-15-16-17-18(19)21-20/h3-4,6-7,9-10,20H,2,5,8,11-17H2,1H3. The lowest BCUT2D eigenvalue weighted by atomic mass is 10.1. The van der Waals surface area contributed by atoms with E-state index in [0.29, 0.717) is 6.42 Å². The van der Waals surface area contributed by atoms with Gasteiger partial charge < -0.3 is 4.89 Å². The van der Waals surface area contributed by atoms with Crippen molar-refractivity contribution in [2.24, 2.45) is 0 Å². The van der Waals surface area contributed by atoms with Crippen molar-refractivity contribution in [3.63, 3.8) is 0 Å². The van der Waals surface area contributed by atoms with E-state index in [1.54, 1.807) is 0 Å². The Bertz CT molecular complexity index is 316. The van der Waals surface area contributed by atoms with Gasteiger partial charge in [-0.2, -0.15) is 5.26 Å². The van der Waals surface area contributed by atoms with E-state index in [0.717, 1.165) is 44.9 Å². The first-order chi connectivity index (χ1) is 10.3. The molecule has 0 unspecified atom stereocenters. The summed E-state index contributed by atoms with van der Waals surface area (Å²) in [7, 11) is 0. The summed E-state index contributed by atoms with van der Waals surface area (Å²) >= 11 is 0. The lowest BCUT2D eigenvalue weighted by molar-refractivity contribution is -0.234. The third-order valence-electron chi connectivity index (χ3n) is 3.13.